The minimum Gasteiger partial charge on any atom is -0.372 e. The topological polar surface area (TPSA) is 15.7 Å². The zero-order valence-corrected chi connectivity index (χ0v) is 15.6. The van der Waals surface area contributed by atoms with Gasteiger partial charge in [0.25, 0.3) is 0 Å². The van der Waals surface area contributed by atoms with E-state index in [1.165, 1.54) is 49.2 Å². The molecule has 0 saturated carbocycles. The van der Waals surface area contributed by atoms with Gasteiger partial charge in [-0.2, -0.15) is 0 Å². The Kier molecular flexibility index (Phi) is 5.88. The number of hydrogen-bond donors (Lipinski definition) is 0. The van der Waals surface area contributed by atoms with E-state index in [1.807, 2.05) is 0 Å². The first-order chi connectivity index (χ1) is 12.9. The fraction of sp³-hybridized carbons (Fsp3) is 0.478. The van der Waals surface area contributed by atoms with Gasteiger partial charge in [-0.1, -0.05) is 42.5 Å². The maximum Gasteiger partial charge on any atom is 0.0953 e. The van der Waals surface area contributed by atoms with Crippen LogP contribution in [-0.4, -0.2) is 44.2 Å². The van der Waals surface area contributed by atoms with Crippen LogP contribution in [0.3, 0.4) is 0 Å². The molecule has 0 aliphatic carbocycles. The van der Waals surface area contributed by atoms with E-state index in [2.05, 4.69) is 64.4 Å². The summed E-state index contributed by atoms with van der Waals surface area (Å²) in [5.74, 6) is 0. The second-order valence-electron chi connectivity index (χ2n) is 7.54. The van der Waals surface area contributed by atoms with Gasteiger partial charge in [-0.25, -0.2) is 0 Å². The van der Waals surface area contributed by atoms with Gasteiger partial charge in [0.1, 0.15) is 0 Å². The molecule has 0 aromatic heterocycles. The quantitative estimate of drug-likeness (QED) is 0.800. The van der Waals surface area contributed by atoms with Crippen LogP contribution < -0.4 is 4.90 Å². The van der Waals surface area contributed by atoms with Crippen molar-refractivity contribution in [1.29, 1.82) is 0 Å². The molecule has 1 unspecified atom stereocenters. The van der Waals surface area contributed by atoms with Crippen LogP contribution >= 0.6 is 0 Å². The number of anilines is 1. The van der Waals surface area contributed by atoms with E-state index < -0.39 is 0 Å². The summed E-state index contributed by atoms with van der Waals surface area (Å²) in [5.41, 5.74) is 4.12. The van der Waals surface area contributed by atoms with Gasteiger partial charge in [0.2, 0.25) is 0 Å². The standard InChI is InChI=1S/C23H30N2O/c1-3-8-20(9-4-1)12-15-24-16-17-26-23(19-24)21-10-7-11-22(18-21)25-13-5-2-6-14-25/h1,3-4,7-11,18,23H,2,5-6,12-17,19H2. The fourth-order valence-corrected chi connectivity index (χ4v) is 4.11. The van der Waals surface area contributed by atoms with Crippen LogP contribution in [0.1, 0.15) is 36.5 Å². The summed E-state index contributed by atoms with van der Waals surface area (Å²) in [6.45, 7) is 6.35. The predicted molar refractivity (Wildman–Crippen MR) is 108 cm³/mol. The van der Waals surface area contributed by atoms with Crippen molar-refractivity contribution in [3.8, 4) is 0 Å². The number of morpholine rings is 1. The first-order valence-electron chi connectivity index (χ1n) is 10.1. The van der Waals surface area contributed by atoms with Gasteiger partial charge in [0, 0.05) is 38.4 Å². The zero-order valence-electron chi connectivity index (χ0n) is 15.6. The number of piperidine rings is 1. The molecule has 0 N–H and O–H groups in total. The molecule has 0 radical (unpaired) electrons. The molecule has 3 nitrogen and oxygen atoms in total. The lowest BCUT2D eigenvalue weighted by Gasteiger charge is -2.34. The molecule has 2 aliphatic heterocycles. The predicted octanol–water partition coefficient (Wildman–Crippen LogP) is 4.29. The Bertz CT molecular complexity index is 682. The molecule has 2 saturated heterocycles. The van der Waals surface area contributed by atoms with Gasteiger partial charge >= 0.3 is 0 Å². The summed E-state index contributed by atoms with van der Waals surface area (Å²) in [4.78, 5) is 5.08. The molecule has 3 heteroatoms. The SMILES string of the molecule is c1ccc(CCN2CCOC(c3cccc(N4CCCCC4)c3)C2)cc1. The molecule has 2 heterocycles. The minimum absolute atomic E-state index is 0.198. The second kappa shape index (κ2) is 8.70. The normalized spacial score (nSPS) is 21.7. The van der Waals surface area contributed by atoms with Gasteiger partial charge in [-0.05, 0) is 48.9 Å². The summed E-state index contributed by atoms with van der Waals surface area (Å²) in [7, 11) is 0. The van der Waals surface area contributed by atoms with E-state index >= 15 is 0 Å². The molecule has 4 rings (SSSR count). The minimum atomic E-state index is 0.198. The first kappa shape index (κ1) is 17.6. The van der Waals surface area contributed by atoms with Crippen molar-refractivity contribution in [3.05, 3.63) is 65.7 Å². The van der Waals surface area contributed by atoms with Crippen molar-refractivity contribution in [2.45, 2.75) is 31.8 Å². The van der Waals surface area contributed by atoms with Crippen LogP contribution in [0.15, 0.2) is 54.6 Å². The van der Waals surface area contributed by atoms with Crippen molar-refractivity contribution in [2.24, 2.45) is 0 Å². The molecule has 0 spiro atoms. The number of nitrogens with zero attached hydrogens (tertiary/aromatic N) is 2. The van der Waals surface area contributed by atoms with E-state index in [4.69, 9.17) is 4.74 Å². The summed E-state index contributed by atoms with van der Waals surface area (Å²) in [5, 5.41) is 0. The third-order valence-corrected chi connectivity index (χ3v) is 5.67. The highest BCUT2D eigenvalue weighted by Crippen LogP contribution is 2.27. The van der Waals surface area contributed by atoms with Crippen molar-refractivity contribution >= 4 is 5.69 Å². The maximum atomic E-state index is 6.13. The number of rotatable bonds is 5. The lowest BCUT2D eigenvalue weighted by molar-refractivity contribution is -0.0295. The maximum absolute atomic E-state index is 6.13. The monoisotopic (exact) mass is 350 g/mol. The van der Waals surface area contributed by atoms with Crippen LogP contribution in [0.2, 0.25) is 0 Å². The number of benzene rings is 2. The molecule has 2 aliphatic rings. The molecular weight excluding hydrogens is 320 g/mol. The average Bonchev–Trinajstić information content (AvgIpc) is 2.74. The van der Waals surface area contributed by atoms with Gasteiger partial charge in [-0.15, -0.1) is 0 Å². The lowest BCUT2D eigenvalue weighted by atomic mass is 10.0. The van der Waals surface area contributed by atoms with Crippen LogP contribution in [0.5, 0.6) is 0 Å². The zero-order chi connectivity index (χ0) is 17.6. The summed E-state index contributed by atoms with van der Waals surface area (Å²) in [6, 6.07) is 19.8. The summed E-state index contributed by atoms with van der Waals surface area (Å²) < 4.78 is 6.13. The van der Waals surface area contributed by atoms with Crippen molar-refractivity contribution in [2.75, 3.05) is 44.2 Å². The molecule has 1 atom stereocenters. The lowest BCUT2D eigenvalue weighted by Crippen LogP contribution is -2.39. The van der Waals surface area contributed by atoms with Crippen molar-refractivity contribution in [1.82, 2.24) is 4.90 Å². The van der Waals surface area contributed by atoms with Gasteiger partial charge in [-0.3, -0.25) is 4.90 Å². The molecule has 26 heavy (non-hydrogen) atoms. The Morgan fingerprint density at radius 1 is 0.885 bits per heavy atom. The second-order valence-corrected chi connectivity index (χ2v) is 7.54. The largest absolute Gasteiger partial charge is 0.372 e. The number of hydrogen-bond acceptors (Lipinski definition) is 3. The Morgan fingerprint density at radius 3 is 2.58 bits per heavy atom. The van der Waals surface area contributed by atoms with Gasteiger partial charge in [0.15, 0.2) is 0 Å². The summed E-state index contributed by atoms with van der Waals surface area (Å²) in [6.07, 6.45) is 5.32. The average molecular weight is 351 g/mol. The Balaban J connectivity index is 1.38. The summed E-state index contributed by atoms with van der Waals surface area (Å²) >= 11 is 0. The van der Waals surface area contributed by atoms with Crippen LogP contribution in [0.25, 0.3) is 0 Å². The molecule has 2 aromatic carbocycles. The smallest absolute Gasteiger partial charge is 0.0953 e. The van der Waals surface area contributed by atoms with E-state index in [0.29, 0.717) is 0 Å². The molecule has 0 bridgehead atoms. The Morgan fingerprint density at radius 2 is 1.73 bits per heavy atom. The molecule has 0 amide bonds. The van der Waals surface area contributed by atoms with Gasteiger partial charge < -0.3 is 9.64 Å². The highest BCUT2D eigenvalue weighted by molar-refractivity contribution is 5.49. The molecule has 2 aromatic rings. The van der Waals surface area contributed by atoms with Crippen LogP contribution in [0.4, 0.5) is 5.69 Å². The Labute approximate surface area is 157 Å². The molecular formula is C23H30N2O. The van der Waals surface area contributed by atoms with E-state index in [1.54, 1.807) is 0 Å². The molecule has 138 valence electrons. The first-order valence-corrected chi connectivity index (χ1v) is 10.1. The highest BCUT2D eigenvalue weighted by atomic mass is 16.5. The Hall–Kier alpha value is -1.84. The van der Waals surface area contributed by atoms with Crippen LogP contribution in [0, 0.1) is 0 Å². The number of ether oxygens (including phenoxy) is 1. The van der Waals surface area contributed by atoms with E-state index in [0.717, 1.165) is 32.7 Å². The fourth-order valence-electron chi connectivity index (χ4n) is 4.11. The highest BCUT2D eigenvalue weighted by Gasteiger charge is 2.22. The van der Waals surface area contributed by atoms with Gasteiger partial charge in [0.05, 0.1) is 12.7 Å². The van der Waals surface area contributed by atoms with Crippen molar-refractivity contribution in [3.63, 3.8) is 0 Å². The third-order valence-electron chi connectivity index (χ3n) is 5.67. The third kappa shape index (κ3) is 4.46. The van der Waals surface area contributed by atoms with E-state index in [-0.39, 0.29) is 6.10 Å². The van der Waals surface area contributed by atoms with Crippen LogP contribution in [-0.2, 0) is 11.2 Å². The van der Waals surface area contributed by atoms with E-state index in [9.17, 15) is 0 Å². The van der Waals surface area contributed by atoms with Crippen molar-refractivity contribution < 1.29 is 4.74 Å². The molecule has 2 fully saturated rings.